The quantitative estimate of drug-likeness (QED) is 0.0166. The number of nitrogens with zero attached hydrogens (tertiary/aromatic N) is 3. The van der Waals surface area contributed by atoms with Crippen LogP contribution in [-0.2, 0) is 60.9 Å². The van der Waals surface area contributed by atoms with Crippen molar-refractivity contribution in [3.8, 4) is 35.1 Å². The lowest BCUT2D eigenvalue weighted by molar-refractivity contribution is -0.137. The predicted molar refractivity (Wildman–Crippen MR) is 322 cm³/mol. The minimum absolute atomic E-state index is 0.284. The van der Waals surface area contributed by atoms with Crippen molar-refractivity contribution in [3.05, 3.63) is 139 Å². The number of rotatable bonds is 38. The Kier molecular flexibility index (Phi) is 30.3. The molecule has 9 heteroatoms. The minimum Gasteiger partial charge on any atom is -0.493 e. The normalized spacial score (nSPS) is 11.8. The van der Waals surface area contributed by atoms with Crippen LogP contribution in [0.3, 0.4) is 0 Å². The largest absolute Gasteiger partial charge is 0.493 e. The molecule has 4 aromatic rings. The lowest BCUT2D eigenvalue weighted by Gasteiger charge is -2.25. The van der Waals surface area contributed by atoms with Crippen LogP contribution in [0, 0.1) is 29.2 Å². The van der Waals surface area contributed by atoms with Crippen LogP contribution in [0.15, 0.2) is 61.2 Å². The van der Waals surface area contributed by atoms with Crippen LogP contribution in [0.5, 0.6) is 23.0 Å². The molecule has 0 amide bonds. The van der Waals surface area contributed by atoms with E-state index in [0.717, 1.165) is 214 Å². The van der Waals surface area contributed by atoms with Crippen LogP contribution >= 0.6 is 0 Å². The lowest BCUT2D eigenvalue weighted by Crippen LogP contribution is -2.12. The minimum atomic E-state index is -0.421. The Bertz CT molecular complexity index is 2480. The van der Waals surface area contributed by atoms with Gasteiger partial charge in [-0.2, -0.15) is 10.5 Å². The molecule has 0 aliphatic heterocycles. The molecular formula is C70H95N3O6. The Hall–Kier alpha value is -6.24. The van der Waals surface area contributed by atoms with Gasteiger partial charge >= 0.3 is 5.97 Å². The van der Waals surface area contributed by atoms with Gasteiger partial charge in [0, 0.05) is 51.0 Å². The zero-order chi connectivity index (χ0) is 56.3. The molecule has 0 fully saturated rings. The molecule has 79 heavy (non-hydrogen) atoms. The molecule has 9 nitrogen and oxygen atoms in total. The molecule has 8 bridgehead atoms. The second-order valence-corrected chi connectivity index (χ2v) is 21.8. The first-order valence-electron chi connectivity index (χ1n) is 30.7. The van der Waals surface area contributed by atoms with E-state index in [1.54, 1.807) is 0 Å². The average molecular weight is 1070 g/mol. The molecule has 0 radical (unpaired) electrons. The van der Waals surface area contributed by atoms with Crippen LogP contribution in [0.1, 0.15) is 236 Å². The Morgan fingerprint density at radius 1 is 0.456 bits per heavy atom. The van der Waals surface area contributed by atoms with Crippen LogP contribution in [0.25, 0.3) is 4.85 Å². The fourth-order valence-electron chi connectivity index (χ4n) is 10.9. The maximum absolute atomic E-state index is 12.2. The van der Waals surface area contributed by atoms with Crippen molar-refractivity contribution in [2.45, 2.75) is 220 Å². The van der Waals surface area contributed by atoms with Gasteiger partial charge in [-0.25, -0.2) is 11.4 Å². The van der Waals surface area contributed by atoms with Gasteiger partial charge in [0.25, 0.3) is 0 Å². The monoisotopic (exact) mass is 1070 g/mol. The van der Waals surface area contributed by atoms with Crippen molar-refractivity contribution >= 4 is 5.97 Å². The molecule has 0 heterocycles. The SMILES string of the molecule is [C-]#[N+]CCCc1cc2c(OCCCCCC)c(c1)Cc1cc(CCCOC(=O)C=C)cc(c1OCCCCCC)Cc1cc(CCCC#N)cc(c1OCCCCCC)Cc1cc(CCCC#N)cc(c1OCCCCCC)C2. The summed E-state index contributed by atoms with van der Waals surface area (Å²) < 4.78 is 34.2. The molecule has 1 aliphatic carbocycles. The first-order valence-corrected chi connectivity index (χ1v) is 30.7. The molecule has 1 aliphatic rings. The van der Waals surface area contributed by atoms with Gasteiger partial charge in [0.2, 0.25) is 6.54 Å². The Labute approximate surface area is 477 Å². The zero-order valence-corrected chi connectivity index (χ0v) is 49.2. The van der Waals surface area contributed by atoms with Crippen molar-refractivity contribution in [1.29, 1.82) is 10.5 Å². The highest BCUT2D eigenvalue weighted by Crippen LogP contribution is 2.42. The fourth-order valence-corrected chi connectivity index (χ4v) is 10.9. The van der Waals surface area contributed by atoms with E-state index in [4.69, 9.17) is 30.3 Å². The summed E-state index contributed by atoms with van der Waals surface area (Å²) in [6, 6.07) is 23.4. The Morgan fingerprint density at radius 2 is 0.747 bits per heavy atom. The number of fused-ring (bicyclic) bond motifs is 8. The third kappa shape index (κ3) is 22.1. The number of nitriles is 2. The van der Waals surface area contributed by atoms with E-state index >= 15 is 0 Å². The summed E-state index contributed by atoms with van der Waals surface area (Å²) in [5.74, 6) is 3.21. The maximum Gasteiger partial charge on any atom is 0.330 e. The summed E-state index contributed by atoms with van der Waals surface area (Å²) in [5, 5.41) is 19.5. The number of unbranched alkanes of at least 4 members (excludes halogenated alkanes) is 14. The summed E-state index contributed by atoms with van der Waals surface area (Å²) >= 11 is 0. The summed E-state index contributed by atoms with van der Waals surface area (Å²) in [5.41, 5.74) is 13.5. The Morgan fingerprint density at radius 3 is 1.01 bits per heavy atom. The molecule has 426 valence electrons. The number of aryl methyl sites for hydroxylation is 4. The van der Waals surface area contributed by atoms with Crippen LogP contribution in [0.4, 0.5) is 0 Å². The van der Waals surface area contributed by atoms with E-state index in [1.807, 2.05) is 0 Å². The van der Waals surface area contributed by atoms with E-state index in [0.29, 0.717) is 84.3 Å². The number of benzene rings is 4. The average Bonchev–Trinajstić information content (AvgIpc) is 3.47. The number of carbonyl (C=O) groups is 1. The molecule has 0 atom stereocenters. The first kappa shape index (κ1) is 63.6. The molecule has 5 rings (SSSR count). The molecule has 0 aromatic heterocycles. The van der Waals surface area contributed by atoms with Gasteiger partial charge in [-0.1, -0.05) is 160 Å². The number of ether oxygens (including phenoxy) is 5. The summed E-state index contributed by atoms with van der Waals surface area (Å²) in [6.45, 7) is 23.4. The molecule has 0 saturated heterocycles. The van der Waals surface area contributed by atoms with Gasteiger partial charge in [0.15, 0.2) is 0 Å². The number of carbonyl (C=O) groups excluding carboxylic acids is 1. The van der Waals surface area contributed by atoms with E-state index in [1.165, 1.54) is 22.8 Å². The fraction of sp³-hybridized carbons (Fsp3) is 0.571. The van der Waals surface area contributed by atoms with Gasteiger partial charge in [-0.05, 0) is 137 Å². The number of hydrogen-bond acceptors (Lipinski definition) is 8. The molecule has 0 unspecified atom stereocenters. The van der Waals surface area contributed by atoms with E-state index < -0.39 is 5.97 Å². The summed E-state index contributed by atoms with van der Waals surface area (Å²) in [4.78, 5) is 16.0. The number of esters is 1. The van der Waals surface area contributed by atoms with Gasteiger partial charge in [-0.15, -0.1) is 0 Å². The third-order valence-electron chi connectivity index (χ3n) is 15.0. The lowest BCUT2D eigenvalue weighted by atomic mass is 9.87. The van der Waals surface area contributed by atoms with E-state index in [2.05, 4.69) is 99.8 Å². The first-order chi connectivity index (χ1) is 38.8. The van der Waals surface area contributed by atoms with Gasteiger partial charge in [0.05, 0.1) is 45.2 Å². The zero-order valence-electron chi connectivity index (χ0n) is 49.2. The van der Waals surface area contributed by atoms with E-state index in [9.17, 15) is 15.3 Å². The van der Waals surface area contributed by atoms with Crippen LogP contribution < -0.4 is 18.9 Å². The van der Waals surface area contributed by atoms with Crippen LogP contribution in [0.2, 0.25) is 0 Å². The van der Waals surface area contributed by atoms with Gasteiger partial charge in [-0.3, -0.25) is 0 Å². The topological polar surface area (TPSA) is 115 Å². The van der Waals surface area contributed by atoms with Crippen molar-refractivity contribution < 1.29 is 28.5 Å². The van der Waals surface area contributed by atoms with Crippen molar-refractivity contribution in [1.82, 2.24) is 0 Å². The molecule has 0 N–H and O–H groups in total. The number of hydrogen-bond donors (Lipinski definition) is 0. The molecular weight excluding hydrogens is 979 g/mol. The predicted octanol–water partition coefficient (Wildman–Crippen LogP) is 17.4. The summed E-state index contributed by atoms with van der Waals surface area (Å²) in [6.07, 6.45) is 27.6. The highest BCUT2D eigenvalue weighted by atomic mass is 16.5. The van der Waals surface area contributed by atoms with Gasteiger partial charge in [0.1, 0.15) is 23.0 Å². The standard InChI is InChI=1S/C70H95N3O6/c1-7-12-16-24-37-76-67-58-42-54(30-20-22-34-71)44-60(67)51-62-46-56(32-28-36-73-6)47-63(69(62)78-39-26-18-14-9-3)53-65-49-57(33-29-41-75-66(74)11-5)48-64(70(65)79-40-27-19-15-10-4)52-61-45-55(31-21-23-35-72)43-59(50-58)68(61)77-38-25-17-13-8-2/h11,42-49H,5,7-10,12-33,36-41,50-53H2,1-4H3. The third-order valence-corrected chi connectivity index (χ3v) is 15.0. The highest BCUT2D eigenvalue weighted by Gasteiger charge is 2.25. The van der Waals surface area contributed by atoms with Crippen molar-refractivity contribution in [2.75, 3.05) is 39.6 Å². The molecule has 0 saturated carbocycles. The van der Waals surface area contributed by atoms with E-state index in [-0.39, 0.29) is 6.61 Å². The molecule has 4 aromatic carbocycles. The van der Waals surface area contributed by atoms with Crippen LogP contribution in [-0.4, -0.2) is 45.5 Å². The summed E-state index contributed by atoms with van der Waals surface area (Å²) in [7, 11) is 0. The highest BCUT2D eigenvalue weighted by molar-refractivity contribution is 5.81. The van der Waals surface area contributed by atoms with Crippen molar-refractivity contribution in [2.24, 2.45) is 0 Å². The van der Waals surface area contributed by atoms with Gasteiger partial charge < -0.3 is 28.5 Å². The second kappa shape index (κ2) is 37.6. The molecule has 0 spiro atoms. The second-order valence-electron chi connectivity index (χ2n) is 21.8. The Balaban J connectivity index is 1.91. The maximum atomic E-state index is 12.2. The smallest absolute Gasteiger partial charge is 0.330 e. The van der Waals surface area contributed by atoms with Crippen molar-refractivity contribution in [3.63, 3.8) is 0 Å².